The van der Waals surface area contributed by atoms with Crippen LogP contribution >= 0.6 is 15.6 Å². The summed E-state index contributed by atoms with van der Waals surface area (Å²) in [6.45, 7) is 2.95. The van der Waals surface area contributed by atoms with Crippen LogP contribution in [0.5, 0.6) is 0 Å². The first-order valence-corrected chi connectivity index (χ1v) is 12.6. The van der Waals surface area contributed by atoms with Crippen LogP contribution in [-0.4, -0.2) is 34.0 Å². The normalized spacial score (nSPS) is 20.7. The van der Waals surface area contributed by atoms with Crippen molar-refractivity contribution in [3.05, 3.63) is 0 Å². The summed E-state index contributed by atoms with van der Waals surface area (Å²) in [4.78, 5) is 26.3. The molecule has 10 heteroatoms. The molecule has 0 spiro atoms. The lowest BCUT2D eigenvalue weighted by molar-refractivity contribution is 0.167. The van der Waals surface area contributed by atoms with Gasteiger partial charge in [0.15, 0.2) is 0 Å². The smallest absolute Gasteiger partial charge is 0.373 e. The summed E-state index contributed by atoms with van der Waals surface area (Å²) in [5, 5.41) is 0. The van der Waals surface area contributed by atoms with E-state index in [1.807, 2.05) is 0 Å². The number of phosphoric acid groups is 2. The van der Waals surface area contributed by atoms with Crippen molar-refractivity contribution in [2.75, 3.05) is 13.2 Å². The standard InChI is InChI=1S/C16H34O8P2/c1-2-15(12-13-23-26(20,21)24-25(17,18)19)10-8-6-4-3-5-7-9-11-16-14-22-16/h15-16H,2-14H2,1H3,(H,20,21)(H2,17,18,19). The minimum Gasteiger partial charge on any atom is -0.373 e. The molecule has 0 aromatic rings. The van der Waals surface area contributed by atoms with Crippen LogP contribution in [0.15, 0.2) is 0 Å². The zero-order valence-corrected chi connectivity index (χ0v) is 17.4. The zero-order chi connectivity index (χ0) is 19.5. The molecule has 3 unspecified atom stereocenters. The Morgan fingerprint density at radius 1 is 1.00 bits per heavy atom. The maximum absolute atomic E-state index is 11.4. The molecule has 3 atom stereocenters. The minimum absolute atomic E-state index is 0.0585. The molecule has 0 bridgehead atoms. The fourth-order valence-electron chi connectivity index (χ4n) is 2.97. The average molecular weight is 416 g/mol. The Morgan fingerprint density at radius 3 is 2.12 bits per heavy atom. The molecular weight excluding hydrogens is 382 g/mol. The summed E-state index contributed by atoms with van der Waals surface area (Å²) < 4.78 is 35.5. The van der Waals surface area contributed by atoms with Gasteiger partial charge in [-0.2, -0.15) is 4.31 Å². The maximum atomic E-state index is 11.4. The Morgan fingerprint density at radius 2 is 1.58 bits per heavy atom. The average Bonchev–Trinajstić information content (AvgIpc) is 3.33. The van der Waals surface area contributed by atoms with E-state index in [1.54, 1.807) is 0 Å². The largest absolute Gasteiger partial charge is 0.481 e. The van der Waals surface area contributed by atoms with Gasteiger partial charge in [-0.3, -0.25) is 4.52 Å². The van der Waals surface area contributed by atoms with Crippen LogP contribution < -0.4 is 0 Å². The van der Waals surface area contributed by atoms with Crippen LogP contribution in [0.1, 0.15) is 77.6 Å². The second-order valence-corrected chi connectivity index (χ2v) is 9.77. The van der Waals surface area contributed by atoms with Crippen LogP contribution in [0.25, 0.3) is 0 Å². The fourth-order valence-corrected chi connectivity index (χ4v) is 4.57. The molecule has 1 fully saturated rings. The molecule has 0 radical (unpaired) electrons. The van der Waals surface area contributed by atoms with Crippen LogP contribution in [0.2, 0.25) is 0 Å². The third-order valence-corrected chi connectivity index (χ3v) is 6.79. The second-order valence-electron chi connectivity index (χ2n) is 6.94. The SMILES string of the molecule is CCC(CCCCCCCCCC1CO1)CCOP(=O)(O)OP(=O)(O)O. The van der Waals surface area contributed by atoms with Gasteiger partial charge in [0.25, 0.3) is 0 Å². The summed E-state index contributed by atoms with van der Waals surface area (Å²) in [5.74, 6) is 0.364. The Balaban J connectivity index is 1.98. The number of hydrogen-bond donors (Lipinski definition) is 3. The molecule has 0 saturated carbocycles. The number of unbranched alkanes of at least 4 members (excludes halogenated alkanes) is 6. The predicted octanol–water partition coefficient (Wildman–Crippen LogP) is 4.54. The quantitative estimate of drug-likeness (QED) is 0.179. The van der Waals surface area contributed by atoms with Crippen molar-refractivity contribution in [2.45, 2.75) is 83.7 Å². The molecule has 1 saturated heterocycles. The second kappa shape index (κ2) is 12.6. The number of rotatable bonds is 17. The van der Waals surface area contributed by atoms with Gasteiger partial charge in [0.1, 0.15) is 0 Å². The molecule has 1 rings (SSSR count). The molecule has 1 heterocycles. The van der Waals surface area contributed by atoms with Gasteiger partial charge in [0.2, 0.25) is 0 Å². The lowest BCUT2D eigenvalue weighted by Crippen LogP contribution is -2.05. The van der Waals surface area contributed by atoms with E-state index in [9.17, 15) is 14.0 Å². The lowest BCUT2D eigenvalue weighted by Gasteiger charge is -2.16. The highest BCUT2D eigenvalue weighted by atomic mass is 31.3. The van der Waals surface area contributed by atoms with Crippen molar-refractivity contribution in [3.63, 3.8) is 0 Å². The van der Waals surface area contributed by atoms with E-state index in [0.717, 1.165) is 25.9 Å². The van der Waals surface area contributed by atoms with Gasteiger partial charge in [-0.15, -0.1) is 0 Å². The van der Waals surface area contributed by atoms with Crippen molar-refractivity contribution in [1.29, 1.82) is 0 Å². The van der Waals surface area contributed by atoms with Gasteiger partial charge in [-0.1, -0.05) is 64.7 Å². The maximum Gasteiger partial charge on any atom is 0.481 e. The lowest BCUT2D eigenvalue weighted by atomic mass is 9.95. The molecule has 0 amide bonds. The van der Waals surface area contributed by atoms with E-state index < -0.39 is 15.6 Å². The van der Waals surface area contributed by atoms with E-state index in [2.05, 4.69) is 15.8 Å². The van der Waals surface area contributed by atoms with Crippen LogP contribution in [0.3, 0.4) is 0 Å². The topological polar surface area (TPSA) is 126 Å². The Kier molecular flexibility index (Phi) is 11.8. The third-order valence-electron chi connectivity index (χ3n) is 4.61. The minimum atomic E-state index is -5.04. The molecule has 1 aliphatic heterocycles. The number of epoxide rings is 1. The molecule has 3 N–H and O–H groups in total. The molecule has 156 valence electrons. The zero-order valence-electron chi connectivity index (χ0n) is 15.6. The van der Waals surface area contributed by atoms with Crippen LogP contribution in [0.4, 0.5) is 0 Å². The summed E-state index contributed by atoms with van der Waals surface area (Å²) in [5.41, 5.74) is 0. The van der Waals surface area contributed by atoms with Gasteiger partial charge in [-0.05, 0) is 18.8 Å². The van der Waals surface area contributed by atoms with E-state index in [4.69, 9.17) is 14.5 Å². The number of ether oxygens (including phenoxy) is 1. The predicted molar refractivity (Wildman–Crippen MR) is 98.6 cm³/mol. The Labute approximate surface area is 156 Å². The molecule has 0 aromatic heterocycles. The molecule has 0 aliphatic carbocycles. The first kappa shape index (κ1) is 24.3. The summed E-state index contributed by atoms with van der Waals surface area (Å²) >= 11 is 0. The first-order valence-electron chi connectivity index (χ1n) is 9.57. The van der Waals surface area contributed by atoms with E-state index in [0.29, 0.717) is 18.4 Å². The van der Waals surface area contributed by atoms with E-state index >= 15 is 0 Å². The van der Waals surface area contributed by atoms with Gasteiger partial charge in [-0.25, -0.2) is 9.13 Å². The van der Waals surface area contributed by atoms with Crippen molar-refractivity contribution >= 4 is 15.6 Å². The molecular formula is C16H34O8P2. The van der Waals surface area contributed by atoms with Crippen LogP contribution in [-0.2, 0) is 22.7 Å². The molecule has 0 aromatic carbocycles. The van der Waals surface area contributed by atoms with Gasteiger partial charge in [0, 0.05) is 0 Å². The third kappa shape index (κ3) is 14.3. The first-order chi connectivity index (χ1) is 12.2. The monoisotopic (exact) mass is 416 g/mol. The highest BCUT2D eigenvalue weighted by Gasteiger charge is 2.32. The van der Waals surface area contributed by atoms with Gasteiger partial charge >= 0.3 is 15.6 Å². The van der Waals surface area contributed by atoms with Crippen LogP contribution in [0, 0.1) is 5.92 Å². The molecule has 8 nitrogen and oxygen atoms in total. The van der Waals surface area contributed by atoms with Crippen molar-refractivity contribution in [1.82, 2.24) is 0 Å². The van der Waals surface area contributed by atoms with Crippen molar-refractivity contribution in [3.8, 4) is 0 Å². The summed E-state index contributed by atoms with van der Waals surface area (Å²) in [6.07, 6.45) is 12.9. The Hall–Kier alpha value is 0.220. The fraction of sp³-hybridized carbons (Fsp3) is 1.00. The van der Waals surface area contributed by atoms with E-state index in [-0.39, 0.29) is 6.61 Å². The number of phosphoric ester groups is 1. The Bertz CT molecular complexity index is 463. The highest BCUT2D eigenvalue weighted by molar-refractivity contribution is 7.60. The molecule has 1 aliphatic rings. The van der Waals surface area contributed by atoms with Gasteiger partial charge < -0.3 is 19.4 Å². The number of hydrogen-bond acceptors (Lipinski definition) is 5. The van der Waals surface area contributed by atoms with Crippen molar-refractivity contribution in [2.24, 2.45) is 5.92 Å². The molecule has 26 heavy (non-hydrogen) atoms. The highest BCUT2D eigenvalue weighted by Crippen LogP contribution is 2.57. The van der Waals surface area contributed by atoms with Crippen molar-refractivity contribution < 1.29 is 37.4 Å². The van der Waals surface area contributed by atoms with E-state index in [1.165, 1.54) is 44.9 Å². The summed E-state index contributed by atoms with van der Waals surface area (Å²) in [7, 11) is -9.74. The van der Waals surface area contributed by atoms with Gasteiger partial charge in [0.05, 0.1) is 19.3 Å². The summed E-state index contributed by atoms with van der Waals surface area (Å²) in [6, 6.07) is 0.